The second kappa shape index (κ2) is 11.0. The molecule has 13 heteroatoms. The average molecular weight is 576 g/mol. The summed E-state index contributed by atoms with van der Waals surface area (Å²) in [7, 11) is -3.76. The number of aromatic nitrogens is 1. The van der Waals surface area contributed by atoms with Crippen LogP contribution in [0.4, 0.5) is 31.8 Å². The monoisotopic (exact) mass is 575 g/mol. The van der Waals surface area contributed by atoms with Crippen LogP contribution in [-0.4, -0.2) is 68.9 Å². The lowest BCUT2D eigenvalue weighted by Gasteiger charge is -2.32. The molecule has 0 saturated carbocycles. The Hall–Kier alpha value is -3.71. The second-order valence-corrected chi connectivity index (χ2v) is 11.9. The molecule has 10 nitrogen and oxygen atoms in total. The zero-order chi connectivity index (χ0) is 28.5. The molecule has 2 fully saturated rings. The highest BCUT2D eigenvalue weighted by molar-refractivity contribution is 7.92. The molecule has 1 amide bonds. The lowest BCUT2D eigenvalue weighted by Crippen LogP contribution is -2.39. The van der Waals surface area contributed by atoms with Crippen molar-refractivity contribution in [2.45, 2.75) is 31.6 Å². The normalized spacial score (nSPS) is 17.7. The molecule has 5 rings (SSSR count). The Kier molecular flexibility index (Phi) is 7.69. The van der Waals surface area contributed by atoms with Gasteiger partial charge in [0.25, 0.3) is 11.8 Å². The highest BCUT2D eigenvalue weighted by Crippen LogP contribution is 2.35. The van der Waals surface area contributed by atoms with Gasteiger partial charge < -0.3 is 24.6 Å². The van der Waals surface area contributed by atoms with Gasteiger partial charge in [-0.3, -0.25) is 9.52 Å². The number of piperidine rings is 2. The fourth-order valence-electron chi connectivity index (χ4n) is 4.93. The molecule has 0 unspecified atom stereocenters. The van der Waals surface area contributed by atoms with Gasteiger partial charge in [-0.25, -0.2) is 22.2 Å². The molecule has 0 atom stereocenters. The molecule has 4 heterocycles. The van der Waals surface area contributed by atoms with Gasteiger partial charge in [-0.2, -0.15) is 0 Å². The number of amides is 1. The number of sulfonamides is 1. The van der Waals surface area contributed by atoms with Gasteiger partial charge in [0.05, 0.1) is 35.6 Å². The van der Waals surface area contributed by atoms with E-state index in [4.69, 9.17) is 9.52 Å². The number of hydrogen-bond acceptors (Lipinski definition) is 8. The van der Waals surface area contributed by atoms with Crippen molar-refractivity contribution in [2.24, 2.45) is 0 Å². The van der Waals surface area contributed by atoms with E-state index in [2.05, 4.69) is 21.6 Å². The third-order valence-corrected chi connectivity index (χ3v) is 8.41. The lowest BCUT2D eigenvalue weighted by atomic mass is 10.0. The first kappa shape index (κ1) is 27.8. The van der Waals surface area contributed by atoms with Crippen LogP contribution in [0.3, 0.4) is 0 Å². The fraction of sp³-hybridized carbons (Fsp3) is 0.407. The number of pyridine rings is 1. The Morgan fingerprint density at radius 1 is 1.10 bits per heavy atom. The maximum absolute atomic E-state index is 13.8. The Bertz CT molecular complexity index is 1520. The number of alkyl halides is 2. The van der Waals surface area contributed by atoms with E-state index < -0.39 is 34.2 Å². The van der Waals surface area contributed by atoms with Crippen LogP contribution in [0, 0.1) is 0 Å². The number of aliphatic hydroxyl groups is 1. The summed E-state index contributed by atoms with van der Waals surface area (Å²) < 4.78 is 60.0. The molecule has 2 aliphatic rings. The van der Waals surface area contributed by atoms with Crippen LogP contribution in [0.15, 0.2) is 53.2 Å². The average Bonchev–Trinajstić information content (AvgIpc) is 3.37. The summed E-state index contributed by atoms with van der Waals surface area (Å²) in [5.41, 5.74) is 2.68. The first-order valence-electron chi connectivity index (χ1n) is 13.0. The van der Waals surface area contributed by atoms with E-state index in [0.717, 1.165) is 18.4 Å². The van der Waals surface area contributed by atoms with Gasteiger partial charge in [0.1, 0.15) is 5.82 Å². The van der Waals surface area contributed by atoms with Gasteiger partial charge in [0.15, 0.2) is 11.4 Å². The first-order valence-corrected chi connectivity index (χ1v) is 14.7. The Labute approximate surface area is 230 Å². The van der Waals surface area contributed by atoms with E-state index >= 15 is 0 Å². The minimum atomic E-state index is -3.76. The summed E-state index contributed by atoms with van der Waals surface area (Å²) in [6.07, 6.45) is 2.36. The summed E-state index contributed by atoms with van der Waals surface area (Å²) in [6, 6.07) is 8.00. The van der Waals surface area contributed by atoms with Crippen molar-refractivity contribution in [3.05, 3.63) is 54.3 Å². The van der Waals surface area contributed by atoms with E-state index in [0.29, 0.717) is 41.1 Å². The van der Waals surface area contributed by atoms with Crippen LogP contribution < -0.4 is 19.8 Å². The molecule has 40 heavy (non-hydrogen) atoms. The molecule has 1 aromatic carbocycles. The summed E-state index contributed by atoms with van der Waals surface area (Å²) in [6.45, 7) is 4.93. The molecule has 214 valence electrons. The van der Waals surface area contributed by atoms with Crippen molar-refractivity contribution in [2.75, 3.05) is 58.4 Å². The number of furan rings is 1. The molecule has 2 aromatic heterocycles. The third kappa shape index (κ3) is 6.20. The van der Waals surface area contributed by atoms with Crippen molar-refractivity contribution >= 4 is 49.9 Å². The number of fused-ring (bicyclic) bond motifs is 1. The van der Waals surface area contributed by atoms with Gasteiger partial charge in [-0.15, -0.1) is 0 Å². The summed E-state index contributed by atoms with van der Waals surface area (Å²) in [5.74, 6) is -3.02. The van der Waals surface area contributed by atoms with Crippen molar-refractivity contribution < 1.29 is 31.5 Å². The number of nitrogens with zero attached hydrogens (tertiary/aromatic N) is 3. The molecule has 3 aromatic rings. The number of carbonyl (C=O) groups is 1. The summed E-state index contributed by atoms with van der Waals surface area (Å²) >= 11 is 0. The molecule has 3 N–H and O–H groups in total. The first-order chi connectivity index (χ1) is 19.0. The molecule has 0 radical (unpaired) electrons. The molecule has 2 saturated heterocycles. The Morgan fingerprint density at radius 3 is 2.52 bits per heavy atom. The number of halogens is 2. The molecular formula is C27H31F2N5O5S. The Morgan fingerprint density at radius 2 is 1.82 bits per heavy atom. The van der Waals surface area contributed by atoms with Crippen LogP contribution in [0.5, 0.6) is 0 Å². The van der Waals surface area contributed by atoms with Crippen LogP contribution >= 0.6 is 0 Å². The number of carbonyl (C=O) groups excluding carboxylic acids is 1. The fourth-order valence-corrected chi connectivity index (χ4v) is 5.76. The minimum Gasteiger partial charge on any atom is -0.460 e. The maximum Gasteiger partial charge on any atom is 0.258 e. The highest BCUT2D eigenvalue weighted by Gasteiger charge is 2.35. The van der Waals surface area contributed by atoms with Crippen LogP contribution in [-0.2, 0) is 10.0 Å². The molecular weight excluding hydrogens is 544 g/mol. The highest BCUT2D eigenvalue weighted by atomic mass is 32.2. The Balaban J connectivity index is 1.45. The topological polar surface area (TPSA) is 128 Å². The van der Waals surface area contributed by atoms with Gasteiger partial charge in [-0.05, 0) is 43.2 Å². The van der Waals surface area contributed by atoms with Crippen LogP contribution in [0.2, 0.25) is 0 Å². The van der Waals surface area contributed by atoms with E-state index in [1.807, 2.05) is 4.90 Å². The van der Waals surface area contributed by atoms with Crippen molar-refractivity contribution in [3.8, 4) is 0 Å². The lowest BCUT2D eigenvalue weighted by molar-refractivity contribution is -0.0221. The number of hydrogen-bond donors (Lipinski definition) is 3. The number of anilines is 4. The standard InChI is InChI=1S/C27H31F2N5O5S/c1-18-4-9-33(10-5-18)22-17-20(32-40(37,38)15-13-35)2-3-21(22)26(36)31-23-16-19-6-14-39-24(19)25(30-23)34-11-7-27(28,29)8-12-34/h2-3,6,14,16-17,32,35H,1,4-5,7-13,15H2,(H,30,31,36). The zero-order valence-corrected chi connectivity index (χ0v) is 22.6. The smallest absolute Gasteiger partial charge is 0.258 e. The quantitative estimate of drug-likeness (QED) is 0.341. The molecule has 0 spiro atoms. The van der Waals surface area contributed by atoms with E-state index in [1.165, 1.54) is 18.4 Å². The van der Waals surface area contributed by atoms with Crippen LogP contribution in [0.1, 0.15) is 36.0 Å². The number of aliphatic hydroxyl groups excluding tert-OH is 1. The van der Waals surface area contributed by atoms with E-state index in [1.54, 1.807) is 23.1 Å². The molecule has 0 bridgehead atoms. The predicted molar refractivity (Wildman–Crippen MR) is 150 cm³/mol. The van der Waals surface area contributed by atoms with Gasteiger partial charge >= 0.3 is 0 Å². The van der Waals surface area contributed by atoms with Crippen molar-refractivity contribution in [3.63, 3.8) is 0 Å². The zero-order valence-electron chi connectivity index (χ0n) is 21.8. The minimum absolute atomic E-state index is 0.102. The largest absolute Gasteiger partial charge is 0.460 e. The second-order valence-electron chi connectivity index (χ2n) is 10.1. The summed E-state index contributed by atoms with van der Waals surface area (Å²) in [5, 5.41) is 12.6. The van der Waals surface area contributed by atoms with Crippen molar-refractivity contribution in [1.29, 1.82) is 0 Å². The predicted octanol–water partition coefficient (Wildman–Crippen LogP) is 4.21. The number of nitrogens with one attached hydrogen (secondary N) is 2. The van der Waals surface area contributed by atoms with Gasteiger partial charge in [0, 0.05) is 44.4 Å². The molecule has 0 aliphatic carbocycles. The van der Waals surface area contributed by atoms with Gasteiger partial charge in [-0.1, -0.05) is 12.2 Å². The van der Waals surface area contributed by atoms with E-state index in [-0.39, 0.29) is 37.4 Å². The van der Waals surface area contributed by atoms with Crippen LogP contribution in [0.25, 0.3) is 11.0 Å². The summed E-state index contributed by atoms with van der Waals surface area (Å²) in [4.78, 5) is 21.9. The van der Waals surface area contributed by atoms with Gasteiger partial charge in [0.2, 0.25) is 10.0 Å². The van der Waals surface area contributed by atoms with Crippen molar-refractivity contribution in [1.82, 2.24) is 4.98 Å². The number of rotatable bonds is 8. The molecule has 2 aliphatic heterocycles. The van der Waals surface area contributed by atoms with E-state index in [9.17, 15) is 22.0 Å². The number of benzene rings is 1. The maximum atomic E-state index is 13.8. The third-order valence-electron chi connectivity index (χ3n) is 7.14. The SMILES string of the molecule is C=C1CCN(c2cc(NS(=O)(=O)CCO)ccc2C(=O)Nc2cc3ccoc3c(N3CCC(F)(F)CC3)n2)CC1.